The quantitative estimate of drug-likeness (QED) is 0.625. The number of hydrogen-bond donors (Lipinski definition) is 2. The molecule has 1 aromatic carbocycles. The number of nitrogens with zero attached hydrogens (tertiary/aromatic N) is 3. The Hall–Kier alpha value is -2.08. The highest BCUT2D eigenvalue weighted by atomic mass is 32.1. The summed E-state index contributed by atoms with van der Waals surface area (Å²) in [6.07, 6.45) is 3.35. The summed E-state index contributed by atoms with van der Waals surface area (Å²) >= 11 is 1.73. The van der Waals surface area contributed by atoms with Crippen LogP contribution in [0.4, 0.5) is 5.69 Å². The van der Waals surface area contributed by atoms with Crippen LogP contribution in [0.3, 0.4) is 0 Å². The van der Waals surface area contributed by atoms with Crippen molar-refractivity contribution in [3.05, 3.63) is 45.9 Å². The second kappa shape index (κ2) is 9.03. The Morgan fingerprint density at radius 1 is 1.35 bits per heavy atom. The molecule has 0 bridgehead atoms. The van der Waals surface area contributed by atoms with Crippen molar-refractivity contribution in [3.8, 4) is 0 Å². The van der Waals surface area contributed by atoms with Gasteiger partial charge in [-0.1, -0.05) is 24.6 Å². The van der Waals surface area contributed by atoms with Gasteiger partial charge in [0.2, 0.25) is 0 Å². The first-order valence-corrected chi connectivity index (χ1v) is 10.3. The lowest BCUT2D eigenvalue weighted by Crippen LogP contribution is -2.51. The fourth-order valence-electron chi connectivity index (χ4n) is 3.24. The Balaban J connectivity index is 1.53. The third-order valence-corrected chi connectivity index (χ3v) is 5.77. The van der Waals surface area contributed by atoms with Crippen LogP contribution in [0.5, 0.6) is 0 Å². The molecule has 0 amide bonds. The third-order valence-electron chi connectivity index (χ3n) is 4.72. The standard InChI is InChI=1S/C20H29N5S/c1-4-19-23-17(14-26-19)12-22-20(21-3)24-16-6-5-11-25(13-16)18-9-7-15(2)8-10-18/h7-10,14,16H,4-6,11-13H2,1-3H3,(H2,21,22,24). The summed E-state index contributed by atoms with van der Waals surface area (Å²) in [5, 5.41) is 10.3. The van der Waals surface area contributed by atoms with Crippen molar-refractivity contribution < 1.29 is 0 Å². The van der Waals surface area contributed by atoms with Crippen molar-refractivity contribution in [2.45, 2.75) is 45.7 Å². The number of guanidine groups is 1. The maximum atomic E-state index is 4.61. The molecule has 2 heterocycles. The molecule has 0 saturated carbocycles. The van der Waals surface area contributed by atoms with Crippen LogP contribution in [0.2, 0.25) is 0 Å². The van der Waals surface area contributed by atoms with Gasteiger partial charge < -0.3 is 15.5 Å². The number of hydrogen-bond acceptors (Lipinski definition) is 4. The van der Waals surface area contributed by atoms with Crippen LogP contribution in [0.1, 0.15) is 36.0 Å². The number of aryl methyl sites for hydroxylation is 2. The minimum atomic E-state index is 0.401. The average molecular weight is 372 g/mol. The summed E-state index contributed by atoms with van der Waals surface area (Å²) in [6, 6.07) is 9.21. The molecule has 1 aromatic heterocycles. The maximum Gasteiger partial charge on any atom is 0.191 e. The van der Waals surface area contributed by atoms with Crippen molar-refractivity contribution in [3.63, 3.8) is 0 Å². The van der Waals surface area contributed by atoms with Crippen LogP contribution >= 0.6 is 11.3 Å². The fraction of sp³-hybridized carbons (Fsp3) is 0.500. The summed E-state index contributed by atoms with van der Waals surface area (Å²) in [6.45, 7) is 7.10. The SMILES string of the molecule is CCc1nc(CNC(=NC)NC2CCCN(c3ccc(C)cc3)C2)cs1. The maximum absolute atomic E-state index is 4.61. The number of nitrogens with one attached hydrogen (secondary N) is 2. The molecule has 6 heteroatoms. The van der Waals surface area contributed by atoms with Gasteiger partial charge in [-0.05, 0) is 38.3 Å². The number of piperidine rings is 1. The molecule has 0 spiro atoms. The lowest BCUT2D eigenvalue weighted by molar-refractivity contribution is 0.468. The highest BCUT2D eigenvalue weighted by molar-refractivity contribution is 7.09. The number of aliphatic imine (C=N–C) groups is 1. The molecule has 26 heavy (non-hydrogen) atoms. The molecule has 0 radical (unpaired) electrons. The van der Waals surface area contributed by atoms with Crippen molar-refractivity contribution in [2.75, 3.05) is 25.0 Å². The minimum Gasteiger partial charge on any atom is -0.369 e. The number of thiazole rings is 1. The lowest BCUT2D eigenvalue weighted by atomic mass is 10.0. The molecule has 2 aromatic rings. The normalized spacial score (nSPS) is 18.0. The van der Waals surface area contributed by atoms with Gasteiger partial charge in [-0.2, -0.15) is 0 Å². The Bertz CT molecular complexity index is 722. The zero-order chi connectivity index (χ0) is 18.4. The predicted octanol–water partition coefficient (Wildman–Crippen LogP) is 3.35. The van der Waals surface area contributed by atoms with Gasteiger partial charge in [0.05, 0.1) is 17.2 Å². The van der Waals surface area contributed by atoms with Crippen LogP contribution in [0, 0.1) is 6.92 Å². The predicted molar refractivity (Wildman–Crippen MR) is 111 cm³/mol. The highest BCUT2D eigenvalue weighted by Gasteiger charge is 2.21. The van der Waals surface area contributed by atoms with Crippen LogP contribution in [0.25, 0.3) is 0 Å². The van der Waals surface area contributed by atoms with Crippen LogP contribution in [-0.2, 0) is 13.0 Å². The van der Waals surface area contributed by atoms with Crippen molar-refractivity contribution in [2.24, 2.45) is 4.99 Å². The molecule has 1 aliphatic heterocycles. The molecule has 140 valence electrons. The molecular formula is C20H29N5S. The van der Waals surface area contributed by atoms with E-state index in [9.17, 15) is 0 Å². The van der Waals surface area contributed by atoms with Crippen LogP contribution in [-0.4, -0.2) is 37.1 Å². The molecule has 0 aliphatic carbocycles. The molecule has 1 saturated heterocycles. The number of benzene rings is 1. The first-order valence-electron chi connectivity index (χ1n) is 9.40. The Kier molecular flexibility index (Phi) is 6.50. The van der Waals surface area contributed by atoms with Crippen LogP contribution < -0.4 is 15.5 Å². The molecular weight excluding hydrogens is 342 g/mol. The molecule has 1 aliphatic rings. The number of aromatic nitrogens is 1. The fourth-order valence-corrected chi connectivity index (χ4v) is 3.98. The second-order valence-electron chi connectivity index (χ2n) is 6.78. The second-order valence-corrected chi connectivity index (χ2v) is 7.72. The van der Waals surface area contributed by atoms with Gasteiger partial charge in [-0.25, -0.2) is 4.98 Å². The number of anilines is 1. The van der Waals surface area contributed by atoms with Gasteiger partial charge in [-0.3, -0.25) is 4.99 Å². The van der Waals surface area contributed by atoms with E-state index in [4.69, 9.17) is 0 Å². The van der Waals surface area contributed by atoms with Crippen molar-refractivity contribution >= 4 is 23.0 Å². The highest BCUT2D eigenvalue weighted by Crippen LogP contribution is 2.20. The van der Waals surface area contributed by atoms with Gasteiger partial charge >= 0.3 is 0 Å². The van der Waals surface area contributed by atoms with Crippen LogP contribution in [0.15, 0.2) is 34.6 Å². The zero-order valence-electron chi connectivity index (χ0n) is 16.0. The molecule has 1 atom stereocenters. The van der Waals surface area contributed by atoms with E-state index < -0.39 is 0 Å². The van der Waals surface area contributed by atoms with E-state index in [0.29, 0.717) is 12.6 Å². The minimum absolute atomic E-state index is 0.401. The molecule has 3 rings (SSSR count). The molecule has 1 fully saturated rings. The summed E-state index contributed by atoms with van der Waals surface area (Å²) in [4.78, 5) is 11.5. The third kappa shape index (κ3) is 4.97. The van der Waals surface area contributed by atoms with E-state index >= 15 is 0 Å². The molecule has 1 unspecified atom stereocenters. The van der Waals surface area contributed by atoms with E-state index in [2.05, 4.69) is 69.0 Å². The van der Waals surface area contributed by atoms with E-state index in [1.165, 1.54) is 29.1 Å². The summed E-state index contributed by atoms with van der Waals surface area (Å²) in [7, 11) is 1.83. The topological polar surface area (TPSA) is 52.6 Å². The first-order chi connectivity index (χ1) is 12.7. The van der Waals surface area contributed by atoms with Gasteiger partial charge in [-0.15, -0.1) is 11.3 Å². The first kappa shape index (κ1) is 18.7. The Morgan fingerprint density at radius 3 is 2.85 bits per heavy atom. The summed E-state index contributed by atoms with van der Waals surface area (Å²) in [5.41, 5.74) is 3.69. The van der Waals surface area contributed by atoms with Crippen molar-refractivity contribution in [1.29, 1.82) is 0 Å². The van der Waals surface area contributed by atoms with E-state index in [1.54, 1.807) is 11.3 Å². The largest absolute Gasteiger partial charge is 0.369 e. The smallest absolute Gasteiger partial charge is 0.191 e. The summed E-state index contributed by atoms with van der Waals surface area (Å²) in [5.74, 6) is 0.854. The summed E-state index contributed by atoms with van der Waals surface area (Å²) < 4.78 is 0. The monoisotopic (exact) mass is 371 g/mol. The molecule has 2 N–H and O–H groups in total. The van der Waals surface area contributed by atoms with E-state index in [0.717, 1.165) is 31.2 Å². The Labute approximate surface area is 160 Å². The van der Waals surface area contributed by atoms with E-state index in [-0.39, 0.29) is 0 Å². The zero-order valence-corrected chi connectivity index (χ0v) is 16.8. The van der Waals surface area contributed by atoms with Gasteiger partial charge in [0.1, 0.15) is 0 Å². The number of rotatable bonds is 5. The van der Waals surface area contributed by atoms with Crippen molar-refractivity contribution in [1.82, 2.24) is 15.6 Å². The average Bonchev–Trinajstić information content (AvgIpc) is 3.14. The molecule has 5 nitrogen and oxygen atoms in total. The Morgan fingerprint density at radius 2 is 2.15 bits per heavy atom. The van der Waals surface area contributed by atoms with Gasteiger partial charge in [0.25, 0.3) is 0 Å². The van der Waals surface area contributed by atoms with E-state index in [1.807, 2.05) is 7.05 Å². The van der Waals surface area contributed by atoms with Gasteiger partial charge in [0, 0.05) is 37.2 Å². The lowest BCUT2D eigenvalue weighted by Gasteiger charge is -2.35. The van der Waals surface area contributed by atoms with Gasteiger partial charge in [0.15, 0.2) is 5.96 Å².